The number of carboxylic acids is 1. The van der Waals surface area contributed by atoms with Crippen LogP contribution in [0.4, 0.5) is 0 Å². The number of carbonyl (C=O) groups is 2. The van der Waals surface area contributed by atoms with Crippen LogP contribution in [0.5, 0.6) is 5.75 Å². The van der Waals surface area contributed by atoms with E-state index in [0.717, 1.165) is 28.7 Å². The van der Waals surface area contributed by atoms with Gasteiger partial charge in [-0.3, -0.25) is 4.79 Å². The van der Waals surface area contributed by atoms with E-state index in [1.54, 1.807) is 24.3 Å². The number of carbonyl (C=O) groups excluding carboxylic acids is 1. The predicted octanol–water partition coefficient (Wildman–Crippen LogP) is 5.34. The molecule has 3 aromatic rings. The summed E-state index contributed by atoms with van der Waals surface area (Å²) in [6, 6.07) is 18.3. The molecule has 1 aliphatic rings. The number of fused-ring (bicyclic) bond motifs is 1. The van der Waals surface area contributed by atoms with Gasteiger partial charge in [-0.05, 0) is 65.1 Å². The van der Waals surface area contributed by atoms with Crippen LogP contribution in [0.15, 0.2) is 60.7 Å². The van der Waals surface area contributed by atoms with Crippen molar-refractivity contribution in [3.63, 3.8) is 0 Å². The van der Waals surface area contributed by atoms with Crippen LogP contribution in [0.2, 0.25) is 5.02 Å². The van der Waals surface area contributed by atoms with E-state index in [1.165, 1.54) is 5.56 Å². The Bertz CT molecular complexity index is 1070. The highest BCUT2D eigenvalue weighted by Gasteiger charge is 2.19. The molecule has 0 saturated carbocycles. The highest BCUT2D eigenvalue weighted by atomic mass is 35.5. The number of aryl methyl sites for hydroxylation is 1. The zero-order valence-corrected chi connectivity index (χ0v) is 16.4. The standard InChI is InChI=1S/C24H19ClO4/c25-20-8-5-16(6-9-20)22-12-18-7-10-21(26)11-19(18)13-23(22)29-14-15-1-3-17(4-2-15)24(27)28/h1-6,8-9,12-13H,7,10-11,14H2,(H,27,28). The molecule has 0 bridgehead atoms. The molecule has 1 N–H and O–H groups in total. The molecule has 0 heterocycles. The first kappa shape index (κ1) is 19.2. The van der Waals surface area contributed by atoms with Gasteiger partial charge in [-0.15, -0.1) is 0 Å². The number of halogens is 1. The molecule has 3 aromatic carbocycles. The summed E-state index contributed by atoms with van der Waals surface area (Å²) in [5.74, 6) is -0.0168. The Kier molecular flexibility index (Phi) is 5.36. The number of carboxylic acid groups (broad SMARTS) is 1. The van der Waals surface area contributed by atoms with Gasteiger partial charge < -0.3 is 9.84 Å². The van der Waals surface area contributed by atoms with Crippen molar-refractivity contribution in [3.05, 3.63) is 87.9 Å². The number of aromatic carboxylic acids is 1. The first-order valence-electron chi connectivity index (χ1n) is 9.38. The smallest absolute Gasteiger partial charge is 0.335 e. The Labute approximate surface area is 173 Å². The van der Waals surface area contributed by atoms with Crippen molar-refractivity contribution in [2.24, 2.45) is 0 Å². The number of hydrogen-bond donors (Lipinski definition) is 1. The minimum absolute atomic E-state index is 0.239. The average molecular weight is 407 g/mol. The van der Waals surface area contributed by atoms with Crippen molar-refractivity contribution >= 4 is 23.4 Å². The van der Waals surface area contributed by atoms with Crippen molar-refractivity contribution < 1.29 is 19.4 Å². The Hall–Kier alpha value is -3.11. The summed E-state index contributed by atoms with van der Waals surface area (Å²) in [5.41, 5.74) is 5.24. The summed E-state index contributed by atoms with van der Waals surface area (Å²) >= 11 is 6.04. The van der Waals surface area contributed by atoms with Gasteiger partial charge in [-0.25, -0.2) is 4.79 Å². The van der Waals surface area contributed by atoms with Crippen molar-refractivity contribution in [1.29, 1.82) is 0 Å². The average Bonchev–Trinajstić information content (AvgIpc) is 2.72. The minimum Gasteiger partial charge on any atom is -0.488 e. The Morgan fingerprint density at radius 1 is 0.966 bits per heavy atom. The van der Waals surface area contributed by atoms with Gasteiger partial charge in [0.05, 0.1) is 5.56 Å². The molecular formula is C24H19ClO4. The number of hydrogen-bond acceptors (Lipinski definition) is 3. The monoisotopic (exact) mass is 406 g/mol. The molecule has 146 valence electrons. The van der Waals surface area contributed by atoms with E-state index < -0.39 is 5.97 Å². The molecule has 29 heavy (non-hydrogen) atoms. The Morgan fingerprint density at radius 3 is 2.38 bits per heavy atom. The second-order valence-corrected chi connectivity index (χ2v) is 7.57. The molecular weight excluding hydrogens is 388 g/mol. The Balaban J connectivity index is 1.66. The normalized spacial score (nSPS) is 13.1. The zero-order chi connectivity index (χ0) is 20.4. The van der Waals surface area contributed by atoms with Gasteiger partial charge in [-0.2, -0.15) is 0 Å². The topological polar surface area (TPSA) is 63.6 Å². The van der Waals surface area contributed by atoms with Crippen LogP contribution in [0.3, 0.4) is 0 Å². The number of benzene rings is 3. The van der Waals surface area contributed by atoms with E-state index >= 15 is 0 Å². The molecule has 4 nitrogen and oxygen atoms in total. The molecule has 0 spiro atoms. The SMILES string of the molecule is O=C1CCc2cc(-c3ccc(Cl)cc3)c(OCc3ccc(C(=O)O)cc3)cc2C1. The van der Waals surface area contributed by atoms with Crippen molar-refractivity contribution in [2.45, 2.75) is 25.9 Å². The predicted molar refractivity (Wildman–Crippen MR) is 112 cm³/mol. The van der Waals surface area contributed by atoms with E-state index in [-0.39, 0.29) is 11.3 Å². The minimum atomic E-state index is -0.957. The molecule has 0 saturated heterocycles. The fourth-order valence-corrected chi connectivity index (χ4v) is 3.64. The van der Waals surface area contributed by atoms with Crippen LogP contribution in [0.1, 0.15) is 33.5 Å². The fraction of sp³-hybridized carbons (Fsp3) is 0.167. The molecule has 0 aliphatic heterocycles. The van der Waals surface area contributed by atoms with Crippen LogP contribution >= 0.6 is 11.6 Å². The lowest BCUT2D eigenvalue weighted by Gasteiger charge is -2.20. The van der Waals surface area contributed by atoms with Crippen LogP contribution in [0, 0.1) is 0 Å². The van der Waals surface area contributed by atoms with Gasteiger partial charge >= 0.3 is 5.97 Å². The van der Waals surface area contributed by atoms with E-state index in [9.17, 15) is 9.59 Å². The highest BCUT2D eigenvalue weighted by Crippen LogP contribution is 2.36. The molecule has 0 atom stereocenters. The van der Waals surface area contributed by atoms with Crippen molar-refractivity contribution in [2.75, 3.05) is 0 Å². The highest BCUT2D eigenvalue weighted by molar-refractivity contribution is 6.30. The molecule has 0 unspecified atom stereocenters. The third-order valence-electron chi connectivity index (χ3n) is 5.11. The van der Waals surface area contributed by atoms with Crippen LogP contribution in [-0.2, 0) is 24.2 Å². The first-order valence-corrected chi connectivity index (χ1v) is 9.76. The van der Waals surface area contributed by atoms with E-state index in [2.05, 4.69) is 6.07 Å². The van der Waals surface area contributed by atoms with Gasteiger partial charge in [0.25, 0.3) is 0 Å². The lowest BCUT2D eigenvalue weighted by molar-refractivity contribution is -0.118. The lowest BCUT2D eigenvalue weighted by atomic mass is 9.88. The number of Topliss-reactive ketones (excluding diaryl/α,β-unsaturated/α-hetero) is 1. The van der Waals surface area contributed by atoms with Gasteiger partial charge in [0.1, 0.15) is 18.1 Å². The summed E-state index contributed by atoms with van der Waals surface area (Å²) < 4.78 is 6.12. The summed E-state index contributed by atoms with van der Waals surface area (Å²) in [4.78, 5) is 22.9. The first-order chi connectivity index (χ1) is 14.0. The zero-order valence-electron chi connectivity index (χ0n) is 15.7. The number of rotatable bonds is 5. The molecule has 1 aliphatic carbocycles. The maximum absolute atomic E-state index is 11.9. The lowest BCUT2D eigenvalue weighted by Crippen LogP contribution is -2.13. The molecule has 5 heteroatoms. The van der Waals surface area contributed by atoms with Crippen molar-refractivity contribution in [3.8, 4) is 16.9 Å². The Morgan fingerprint density at radius 2 is 1.69 bits per heavy atom. The van der Waals surface area contributed by atoms with Crippen LogP contribution < -0.4 is 4.74 Å². The summed E-state index contributed by atoms with van der Waals surface area (Å²) in [6.45, 7) is 0.299. The van der Waals surface area contributed by atoms with Gasteiger partial charge in [0.2, 0.25) is 0 Å². The second kappa shape index (κ2) is 8.10. The third-order valence-corrected chi connectivity index (χ3v) is 5.37. The van der Waals surface area contributed by atoms with E-state index in [1.807, 2.05) is 30.3 Å². The molecule has 0 fully saturated rings. The summed E-state index contributed by atoms with van der Waals surface area (Å²) in [5, 5.41) is 9.70. The van der Waals surface area contributed by atoms with Crippen LogP contribution in [-0.4, -0.2) is 16.9 Å². The number of ether oxygens (including phenoxy) is 1. The summed E-state index contributed by atoms with van der Waals surface area (Å²) in [7, 11) is 0. The molecule has 0 amide bonds. The van der Waals surface area contributed by atoms with Crippen LogP contribution in [0.25, 0.3) is 11.1 Å². The van der Waals surface area contributed by atoms with Crippen molar-refractivity contribution in [1.82, 2.24) is 0 Å². The van der Waals surface area contributed by atoms with Gasteiger partial charge in [0, 0.05) is 23.4 Å². The number of ketones is 1. The maximum Gasteiger partial charge on any atom is 0.335 e. The van der Waals surface area contributed by atoms with E-state index in [4.69, 9.17) is 21.4 Å². The van der Waals surface area contributed by atoms with Gasteiger partial charge in [0.15, 0.2) is 0 Å². The largest absolute Gasteiger partial charge is 0.488 e. The quantitative estimate of drug-likeness (QED) is 0.621. The molecule has 0 aromatic heterocycles. The van der Waals surface area contributed by atoms with Gasteiger partial charge in [-0.1, -0.05) is 35.9 Å². The maximum atomic E-state index is 11.9. The molecule has 0 radical (unpaired) electrons. The second-order valence-electron chi connectivity index (χ2n) is 7.13. The van der Waals surface area contributed by atoms with E-state index in [0.29, 0.717) is 30.2 Å². The molecule has 4 rings (SSSR count). The summed E-state index contributed by atoms with van der Waals surface area (Å²) in [6.07, 6.45) is 1.74. The third kappa shape index (κ3) is 4.33. The fourth-order valence-electron chi connectivity index (χ4n) is 3.52.